The Hall–Kier alpha value is -2.22. The standard InChI is InChI=1S/C20H29F2N3O3/c1-3-5-18(16-7-6-14(21)12-17(16)22)23-20(28)25-10-8-15(9-11-25)24(4-2)13-19(26)27/h6-7,12,15,18H,3-5,8-11,13H2,1-2H3,(H,23,28)(H,26,27). The van der Waals surface area contributed by atoms with Gasteiger partial charge in [-0.05, 0) is 31.9 Å². The minimum Gasteiger partial charge on any atom is -0.480 e. The van der Waals surface area contributed by atoms with Crippen molar-refractivity contribution in [3.8, 4) is 0 Å². The van der Waals surface area contributed by atoms with Crippen LogP contribution < -0.4 is 5.32 Å². The molecule has 1 unspecified atom stereocenters. The molecule has 1 aromatic carbocycles. The summed E-state index contributed by atoms with van der Waals surface area (Å²) in [4.78, 5) is 27.2. The van der Waals surface area contributed by atoms with Gasteiger partial charge in [0.25, 0.3) is 0 Å². The van der Waals surface area contributed by atoms with Crippen LogP contribution in [0.1, 0.15) is 51.1 Å². The molecule has 28 heavy (non-hydrogen) atoms. The average Bonchev–Trinajstić information content (AvgIpc) is 2.66. The van der Waals surface area contributed by atoms with Crippen molar-refractivity contribution in [3.05, 3.63) is 35.4 Å². The molecule has 156 valence electrons. The lowest BCUT2D eigenvalue weighted by Crippen LogP contribution is -2.50. The van der Waals surface area contributed by atoms with Gasteiger partial charge in [-0.15, -0.1) is 0 Å². The second kappa shape index (κ2) is 10.4. The predicted octanol–water partition coefficient (Wildman–Crippen LogP) is 3.39. The van der Waals surface area contributed by atoms with Gasteiger partial charge in [0, 0.05) is 30.8 Å². The van der Waals surface area contributed by atoms with Crippen molar-refractivity contribution >= 4 is 12.0 Å². The Morgan fingerprint density at radius 1 is 1.29 bits per heavy atom. The van der Waals surface area contributed by atoms with Gasteiger partial charge in [-0.1, -0.05) is 26.3 Å². The number of halogens is 2. The van der Waals surface area contributed by atoms with Crippen LogP contribution in [-0.2, 0) is 4.79 Å². The Balaban J connectivity index is 1.97. The third kappa shape index (κ3) is 5.89. The highest BCUT2D eigenvalue weighted by atomic mass is 19.1. The van der Waals surface area contributed by atoms with E-state index in [-0.39, 0.29) is 24.2 Å². The Morgan fingerprint density at radius 3 is 2.50 bits per heavy atom. The number of nitrogens with one attached hydrogen (secondary N) is 1. The van der Waals surface area contributed by atoms with Crippen molar-refractivity contribution in [1.29, 1.82) is 0 Å². The minimum absolute atomic E-state index is 0.00419. The molecule has 1 fully saturated rings. The van der Waals surface area contributed by atoms with E-state index in [1.807, 2.05) is 18.7 Å². The summed E-state index contributed by atoms with van der Waals surface area (Å²) >= 11 is 0. The first-order chi connectivity index (χ1) is 13.3. The van der Waals surface area contributed by atoms with E-state index in [9.17, 15) is 18.4 Å². The smallest absolute Gasteiger partial charge is 0.317 e. The van der Waals surface area contributed by atoms with Gasteiger partial charge in [0.05, 0.1) is 12.6 Å². The molecule has 2 rings (SSSR count). The molecule has 1 aliphatic rings. The van der Waals surface area contributed by atoms with Crippen LogP contribution in [0.3, 0.4) is 0 Å². The van der Waals surface area contributed by atoms with E-state index in [1.54, 1.807) is 4.90 Å². The summed E-state index contributed by atoms with van der Waals surface area (Å²) in [5, 5.41) is 11.9. The molecule has 0 aliphatic carbocycles. The molecule has 6 nitrogen and oxygen atoms in total. The van der Waals surface area contributed by atoms with Crippen LogP contribution in [0.4, 0.5) is 13.6 Å². The number of piperidine rings is 1. The van der Waals surface area contributed by atoms with E-state index in [4.69, 9.17) is 5.11 Å². The highest BCUT2D eigenvalue weighted by Crippen LogP contribution is 2.23. The Kier molecular flexibility index (Phi) is 8.17. The quantitative estimate of drug-likeness (QED) is 0.705. The topological polar surface area (TPSA) is 72.9 Å². The van der Waals surface area contributed by atoms with Crippen molar-refractivity contribution in [3.63, 3.8) is 0 Å². The van der Waals surface area contributed by atoms with Crippen LogP contribution in [-0.4, -0.2) is 59.1 Å². The zero-order chi connectivity index (χ0) is 20.7. The third-order valence-corrected chi connectivity index (χ3v) is 5.23. The second-order valence-electron chi connectivity index (χ2n) is 7.13. The van der Waals surface area contributed by atoms with E-state index in [1.165, 1.54) is 12.1 Å². The van der Waals surface area contributed by atoms with Crippen LogP contribution in [0, 0.1) is 11.6 Å². The number of rotatable bonds is 8. The molecule has 8 heteroatoms. The number of likely N-dealkylation sites (tertiary alicyclic amines) is 1. The van der Waals surface area contributed by atoms with Gasteiger partial charge in [-0.2, -0.15) is 0 Å². The number of aliphatic carboxylic acids is 1. The van der Waals surface area contributed by atoms with Gasteiger partial charge in [0.15, 0.2) is 0 Å². The molecule has 0 radical (unpaired) electrons. The van der Waals surface area contributed by atoms with E-state index >= 15 is 0 Å². The first kappa shape index (κ1) is 22.1. The zero-order valence-corrected chi connectivity index (χ0v) is 16.5. The first-order valence-electron chi connectivity index (χ1n) is 9.81. The fourth-order valence-corrected chi connectivity index (χ4v) is 3.73. The summed E-state index contributed by atoms with van der Waals surface area (Å²) in [6.07, 6.45) is 2.67. The molecular weight excluding hydrogens is 368 g/mol. The van der Waals surface area contributed by atoms with Gasteiger partial charge in [0.1, 0.15) is 11.6 Å². The largest absolute Gasteiger partial charge is 0.480 e. The van der Waals surface area contributed by atoms with E-state index < -0.39 is 23.6 Å². The van der Waals surface area contributed by atoms with E-state index in [0.29, 0.717) is 38.9 Å². The highest BCUT2D eigenvalue weighted by molar-refractivity contribution is 5.75. The lowest BCUT2D eigenvalue weighted by atomic mass is 10.0. The van der Waals surface area contributed by atoms with Crippen LogP contribution in [0.2, 0.25) is 0 Å². The average molecular weight is 397 g/mol. The molecule has 1 atom stereocenters. The van der Waals surface area contributed by atoms with Crippen LogP contribution in [0.15, 0.2) is 18.2 Å². The first-order valence-corrected chi connectivity index (χ1v) is 9.81. The fraction of sp³-hybridized carbons (Fsp3) is 0.600. The normalized spacial score (nSPS) is 16.2. The van der Waals surface area contributed by atoms with Gasteiger partial charge >= 0.3 is 12.0 Å². The molecule has 0 saturated carbocycles. The number of amides is 2. The van der Waals surface area contributed by atoms with Crippen LogP contribution >= 0.6 is 0 Å². The summed E-state index contributed by atoms with van der Waals surface area (Å²) in [7, 11) is 0. The SMILES string of the molecule is CCCC(NC(=O)N1CCC(N(CC)CC(=O)O)CC1)c1ccc(F)cc1F. The zero-order valence-electron chi connectivity index (χ0n) is 16.5. The Morgan fingerprint density at radius 2 is 1.96 bits per heavy atom. The molecule has 0 aromatic heterocycles. The number of carbonyl (C=O) groups is 2. The predicted molar refractivity (Wildman–Crippen MR) is 102 cm³/mol. The molecule has 0 spiro atoms. The minimum atomic E-state index is -0.856. The monoisotopic (exact) mass is 397 g/mol. The number of carbonyl (C=O) groups excluding carboxylic acids is 1. The molecule has 2 N–H and O–H groups in total. The summed E-state index contributed by atoms with van der Waals surface area (Å²) in [6, 6.07) is 2.74. The summed E-state index contributed by atoms with van der Waals surface area (Å²) in [6.45, 7) is 5.53. The Bertz CT molecular complexity index is 679. The molecule has 1 heterocycles. The number of likely N-dealkylation sites (N-methyl/N-ethyl adjacent to an activating group) is 1. The maximum atomic E-state index is 14.1. The number of hydrogen-bond donors (Lipinski definition) is 2. The lowest BCUT2D eigenvalue weighted by molar-refractivity contribution is -0.139. The van der Waals surface area contributed by atoms with Gasteiger partial charge in [-0.3, -0.25) is 9.69 Å². The molecule has 2 amide bonds. The van der Waals surface area contributed by atoms with Gasteiger partial charge < -0.3 is 15.3 Å². The number of carboxylic acid groups (broad SMARTS) is 1. The maximum absolute atomic E-state index is 14.1. The van der Waals surface area contributed by atoms with Crippen LogP contribution in [0.5, 0.6) is 0 Å². The summed E-state index contributed by atoms with van der Waals surface area (Å²) in [5.74, 6) is -2.16. The number of carboxylic acids is 1. The maximum Gasteiger partial charge on any atom is 0.317 e. The molecule has 1 aromatic rings. The molecule has 0 bridgehead atoms. The highest BCUT2D eigenvalue weighted by Gasteiger charge is 2.28. The molecule has 1 aliphatic heterocycles. The van der Waals surface area contributed by atoms with Crippen LogP contribution in [0.25, 0.3) is 0 Å². The summed E-state index contributed by atoms with van der Waals surface area (Å²) < 4.78 is 27.3. The van der Waals surface area contributed by atoms with Gasteiger partial charge in [-0.25, -0.2) is 13.6 Å². The lowest BCUT2D eigenvalue weighted by Gasteiger charge is -2.38. The fourth-order valence-electron chi connectivity index (χ4n) is 3.73. The number of urea groups is 1. The second-order valence-corrected chi connectivity index (χ2v) is 7.13. The number of benzene rings is 1. The van der Waals surface area contributed by atoms with Crippen molar-refractivity contribution in [2.24, 2.45) is 0 Å². The third-order valence-electron chi connectivity index (χ3n) is 5.23. The number of nitrogens with zero attached hydrogens (tertiary/aromatic N) is 2. The van der Waals surface area contributed by atoms with Crippen molar-refractivity contribution in [1.82, 2.24) is 15.1 Å². The van der Waals surface area contributed by atoms with E-state index in [0.717, 1.165) is 12.5 Å². The summed E-state index contributed by atoms with van der Waals surface area (Å²) in [5.41, 5.74) is 0.283. The van der Waals surface area contributed by atoms with Crippen molar-refractivity contribution in [2.75, 3.05) is 26.2 Å². The molecule has 1 saturated heterocycles. The molecular formula is C20H29F2N3O3. The number of hydrogen-bond acceptors (Lipinski definition) is 3. The Labute approximate surface area is 164 Å². The van der Waals surface area contributed by atoms with Gasteiger partial charge in [0.2, 0.25) is 0 Å². The van der Waals surface area contributed by atoms with Crippen molar-refractivity contribution in [2.45, 2.75) is 51.6 Å². The van der Waals surface area contributed by atoms with E-state index in [2.05, 4.69) is 5.32 Å². The van der Waals surface area contributed by atoms with Crippen molar-refractivity contribution < 1.29 is 23.5 Å².